The summed E-state index contributed by atoms with van der Waals surface area (Å²) in [5, 5.41) is 9.84. The van der Waals surface area contributed by atoms with Crippen molar-refractivity contribution in [3.05, 3.63) is 131 Å². The Kier molecular flexibility index (Phi) is 11.3. The number of ether oxygens (including phenoxy) is 1. The summed E-state index contributed by atoms with van der Waals surface area (Å²) in [6, 6.07) is 25.0. The monoisotopic (exact) mass is 586 g/mol. The molecular formula is C34H39BrN2O2. The summed E-state index contributed by atoms with van der Waals surface area (Å²) in [4.78, 5) is 8.40. The molecule has 2 aromatic carbocycles. The van der Waals surface area contributed by atoms with Crippen molar-refractivity contribution in [1.82, 2.24) is 9.97 Å². The molecule has 2 saturated carbocycles. The molecule has 2 aliphatic carbocycles. The number of benzene rings is 2. The molecule has 1 N–H and O–H groups in total. The average molecular weight is 588 g/mol. The number of aliphatic hydroxyl groups excluding tert-OH is 1. The number of aromatic nitrogens is 2. The van der Waals surface area contributed by atoms with Gasteiger partial charge < -0.3 is 9.84 Å². The lowest BCUT2D eigenvalue weighted by Crippen LogP contribution is -1.98. The van der Waals surface area contributed by atoms with Gasteiger partial charge in [-0.05, 0) is 83.7 Å². The molecule has 204 valence electrons. The number of hydrogen-bond acceptors (Lipinski definition) is 4. The van der Waals surface area contributed by atoms with Crippen LogP contribution in [0.4, 0.5) is 0 Å². The molecule has 4 atom stereocenters. The minimum atomic E-state index is 0.318. The zero-order valence-corrected chi connectivity index (χ0v) is 24.5. The van der Waals surface area contributed by atoms with Crippen molar-refractivity contribution in [1.29, 1.82) is 0 Å². The maximum Gasteiger partial charge on any atom is 0.0717 e. The van der Waals surface area contributed by atoms with Crippen LogP contribution >= 0.6 is 15.9 Å². The van der Waals surface area contributed by atoms with Crippen molar-refractivity contribution in [2.24, 2.45) is 11.8 Å². The second kappa shape index (κ2) is 15.1. The third-order valence-corrected chi connectivity index (χ3v) is 7.82. The van der Waals surface area contributed by atoms with E-state index in [4.69, 9.17) is 9.84 Å². The van der Waals surface area contributed by atoms with E-state index in [9.17, 15) is 0 Å². The van der Waals surface area contributed by atoms with Gasteiger partial charge in [0, 0.05) is 36.7 Å². The number of halogens is 1. The fourth-order valence-corrected chi connectivity index (χ4v) is 5.10. The molecule has 2 fully saturated rings. The molecule has 4 nitrogen and oxygen atoms in total. The van der Waals surface area contributed by atoms with Crippen LogP contribution in [0.3, 0.4) is 0 Å². The Labute approximate surface area is 241 Å². The lowest BCUT2D eigenvalue weighted by atomic mass is 10.1. The van der Waals surface area contributed by atoms with Crippen LogP contribution < -0.4 is 0 Å². The summed E-state index contributed by atoms with van der Waals surface area (Å²) in [7, 11) is 0. The van der Waals surface area contributed by atoms with Crippen molar-refractivity contribution in [3.8, 4) is 0 Å². The van der Waals surface area contributed by atoms with Crippen molar-refractivity contribution in [2.75, 3.05) is 13.2 Å². The van der Waals surface area contributed by atoms with Gasteiger partial charge in [0.05, 0.1) is 13.2 Å². The van der Waals surface area contributed by atoms with Crippen molar-refractivity contribution in [2.45, 2.75) is 50.5 Å². The van der Waals surface area contributed by atoms with Gasteiger partial charge in [-0.3, -0.25) is 9.97 Å². The Bertz CT molecular complexity index is 1270. The van der Waals surface area contributed by atoms with Gasteiger partial charge in [0.2, 0.25) is 0 Å². The van der Waals surface area contributed by atoms with E-state index in [1.165, 1.54) is 39.8 Å². The number of rotatable bonds is 8. The molecule has 0 saturated heterocycles. The van der Waals surface area contributed by atoms with Gasteiger partial charge in [-0.2, -0.15) is 0 Å². The predicted molar refractivity (Wildman–Crippen MR) is 162 cm³/mol. The number of pyridine rings is 2. The molecular weight excluding hydrogens is 548 g/mol. The van der Waals surface area contributed by atoms with E-state index in [1.807, 2.05) is 56.0 Å². The summed E-state index contributed by atoms with van der Waals surface area (Å²) in [5.74, 6) is 2.39. The van der Waals surface area contributed by atoms with E-state index in [0.29, 0.717) is 30.3 Å². The molecule has 39 heavy (non-hydrogen) atoms. The van der Waals surface area contributed by atoms with Gasteiger partial charge >= 0.3 is 0 Å². The molecule has 2 aliphatic rings. The minimum absolute atomic E-state index is 0.318. The maximum absolute atomic E-state index is 8.89. The Balaban J connectivity index is 0.000000150. The van der Waals surface area contributed by atoms with E-state index in [1.54, 1.807) is 0 Å². The van der Waals surface area contributed by atoms with Crippen LogP contribution in [-0.4, -0.2) is 28.3 Å². The van der Waals surface area contributed by atoms with E-state index < -0.39 is 0 Å². The average Bonchev–Trinajstić information content (AvgIpc) is 3.90. The lowest BCUT2D eigenvalue weighted by molar-refractivity contribution is 0.110. The summed E-state index contributed by atoms with van der Waals surface area (Å²) < 4.78 is 5.81. The summed E-state index contributed by atoms with van der Waals surface area (Å²) >= 11 is 3.36. The number of aliphatic hydroxyl groups is 1. The molecule has 2 aromatic heterocycles. The summed E-state index contributed by atoms with van der Waals surface area (Å²) in [5.41, 5.74) is 7.68. The Morgan fingerprint density at radius 3 is 1.72 bits per heavy atom. The summed E-state index contributed by atoms with van der Waals surface area (Å²) in [6.07, 6.45) is 10.0. The predicted octanol–water partition coefficient (Wildman–Crippen LogP) is 7.78. The smallest absolute Gasteiger partial charge is 0.0717 e. The molecule has 0 radical (unpaired) electrons. The maximum atomic E-state index is 8.89. The Hall–Kier alpha value is -2.86. The zero-order chi connectivity index (χ0) is 27.5. The standard InChI is InChI=1S/C17H19NO.C10H13NO.C7H7Br/c1-13-7-15(10-18-9-13)17-8-16(17)12-19-11-14-5-3-2-4-6-14;1-7-2-8(5-11-4-7)10-3-9(10)6-12;8-6-7-4-2-1-3-5-7/h2-7,9-10,16-17H,8,11-12H2,1H3;2,4-5,9-10,12H,3,6H2,1H3;1-5H,6H2/t16-,17-;9-,10-;/m11./s1. The highest BCUT2D eigenvalue weighted by Crippen LogP contribution is 2.47. The Morgan fingerprint density at radius 2 is 1.26 bits per heavy atom. The van der Waals surface area contributed by atoms with Crippen LogP contribution in [0.1, 0.15) is 58.1 Å². The van der Waals surface area contributed by atoms with Crippen LogP contribution in [0, 0.1) is 25.7 Å². The first-order chi connectivity index (χ1) is 19.1. The fourth-order valence-electron chi connectivity index (χ4n) is 4.73. The van der Waals surface area contributed by atoms with Gasteiger partial charge in [-0.15, -0.1) is 0 Å². The van der Waals surface area contributed by atoms with Crippen LogP contribution in [0.15, 0.2) is 97.6 Å². The van der Waals surface area contributed by atoms with Crippen molar-refractivity contribution in [3.63, 3.8) is 0 Å². The highest BCUT2D eigenvalue weighted by molar-refractivity contribution is 9.08. The molecule has 0 amide bonds. The number of aryl methyl sites for hydroxylation is 2. The lowest BCUT2D eigenvalue weighted by Gasteiger charge is -2.04. The SMILES string of the molecule is BrCc1ccccc1.Cc1cncc([C@H]2C[C@@H]2CO)c1.Cc1cncc([C@H]2C[C@@H]2COCc2ccccc2)c1. The Morgan fingerprint density at radius 1 is 0.744 bits per heavy atom. The van der Waals surface area contributed by atoms with Gasteiger partial charge in [0.15, 0.2) is 0 Å². The third kappa shape index (κ3) is 9.68. The first-order valence-electron chi connectivity index (χ1n) is 13.7. The number of alkyl halides is 1. The number of nitrogens with zero attached hydrogens (tertiary/aromatic N) is 2. The molecule has 6 rings (SSSR count). The van der Waals surface area contributed by atoms with Gasteiger partial charge in [-0.25, -0.2) is 0 Å². The molecule has 2 heterocycles. The van der Waals surface area contributed by atoms with Crippen molar-refractivity contribution < 1.29 is 9.84 Å². The molecule has 0 aliphatic heterocycles. The third-order valence-electron chi connectivity index (χ3n) is 7.17. The fraction of sp³-hybridized carbons (Fsp3) is 0.353. The van der Waals surface area contributed by atoms with Gasteiger partial charge in [-0.1, -0.05) is 88.7 Å². The van der Waals surface area contributed by atoms with Crippen molar-refractivity contribution >= 4 is 15.9 Å². The molecule has 5 heteroatoms. The van der Waals surface area contributed by atoms with Crippen LogP contribution in [-0.2, 0) is 16.7 Å². The van der Waals surface area contributed by atoms with E-state index >= 15 is 0 Å². The highest BCUT2D eigenvalue weighted by atomic mass is 79.9. The first kappa shape index (κ1) is 29.1. The second-order valence-corrected chi connectivity index (χ2v) is 11.2. The topological polar surface area (TPSA) is 55.2 Å². The molecule has 0 unspecified atom stereocenters. The van der Waals surface area contributed by atoms with E-state index in [2.05, 4.69) is 81.4 Å². The molecule has 0 spiro atoms. The normalized spacial score (nSPS) is 20.6. The van der Waals surface area contributed by atoms with Gasteiger partial charge in [0.1, 0.15) is 0 Å². The highest BCUT2D eigenvalue weighted by Gasteiger charge is 2.38. The molecule has 4 aromatic rings. The minimum Gasteiger partial charge on any atom is -0.396 e. The largest absolute Gasteiger partial charge is 0.396 e. The quantitative estimate of drug-likeness (QED) is 0.214. The molecule has 0 bridgehead atoms. The van der Waals surface area contributed by atoms with E-state index in [0.717, 1.165) is 25.0 Å². The zero-order valence-electron chi connectivity index (χ0n) is 22.9. The number of hydrogen-bond donors (Lipinski definition) is 1. The summed E-state index contributed by atoms with van der Waals surface area (Å²) in [6.45, 7) is 6.04. The first-order valence-corrected chi connectivity index (χ1v) is 14.8. The van der Waals surface area contributed by atoms with E-state index in [-0.39, 0.29) is 0 Å². The van der Waals surface area contributed by atoms with Crippen LogP contribution in [0.2, 0.25) is 0 Å². The van der Waals surface area contributed by atoms with Crippen LogP contribution in [0.5, 0.6) is 0 Å². The second-order valence-electron chi connectivity index (χ2n) is 10.6. The van der Waals surface area contributed by atoms with Crippen LogP contribution in [0.25, 0.3) is 0 Å². The van der Waals surface area contributed by atoms with Gasteiger partial charge in [0.25, 0.3) is 0 Å².